The SMILES string of the molecule is Cc1ccccc1-n1c(N)nc2ccc(=O)[nH]c21. The molecule has 0 aliphatic carbocycles. The van der Waals surface area contributed by atoms with Crippen molar-refractivity contribution >= 4 is 17.1 Å². The second kappa shape index (κ2) is 3.73. The van der Waals surface area contributed by atoms with Crippen molar-refractivity contribution in [3.8, 4) is 5.69 Å². The summed E-state index contributed by atoms with van der Waals surface area (Å²) in [5.41, 5.74) is 9.04. The number of para-hydroxylation sites is 1. The first-order valence-electron chi connectivity index (χ1n) is 5.60. The number of aromatic nitrogens is 3. The lowest BCUT2D eigenvalue weighted by molar-refractivity contribution is 1.06. The molecule has 5 nitrogen and oxygen atoms in total. The molecule has 0 spiro atoms. The van der Waals surface area contributed by atoms with Gasteiger partial charge in [0.25, 0.3) is 0 Å². The van der Waals surface area contributed by atoms with E-state index in [4.69, 9.17) is 5.73 Å². The van der Waals surface area contributed by atoms with Gasteiger partial charge in [-0.25, -0.2) is 4.98 Å². The Balaban J connectivity index is 2.42. The second-order valence-electron chi connectivity index (χ2n) is 4.15. The maximum Gasteiger partial charge on any atom is 0.249 e. The zero-order valence-electron chi connectivity index (χ0n) is 9.84. The Bertz CT molecular complexity index is 785. The summed E-state index contributed by atoms with van der Waals surface area (Å²) in [4.78, 5) is 18.4. The highest BCUT2D eigenvalue weighted by Gasteiger charge is 2.11. The van der Waals surface area contributed by atoms with Gasteiger partial charge in [0.05, 0.1) is 5.69 Å². The van der Waals surface area contributed by atoms with E-state index in [9.17, 15) is 4.79 Å². The first-order chi connectivity index (χ1) is 8.66. The van der Waals surface area contributed by atoms with E-state index >= 15 is 0 Å². The molecule has 18 heavy (non-hydrogen) atoms. The first kappa shape index (κ1) is 10.6. The van der Waals surface area contributed by atoms with Crippen molar-refractivity contribution in [1.29, 1.82) is 0 Å². The van der Waals surface area contributed by atoms with Gasteiger partial charge in [0.1, 0.15) is 11.2 Å². The molecular formula is C13H12N4O. The predicted octanol–water partition coefficient (Wildman–Crippen LogP) is 1.60. The maximum absolute atomic E-state index is 11.4. The molecular weight excluding hydrogens is 228 g/mol. The fourth-order valence-electron chi connectivity index (χ4n) is 2.06. The minimum Gasteiger partial charge on any atom is -0.369 e. The summed E-state index contributed by atoms with van der Waals surface area (Å²) in [7, 11) is 0. The third-order valence-electron chi connectivity index (χ3n) is 2.92. The lowest BCUT2D eigenvalue weighted by Gasteiger charge is -2.08. The van der Waals surface area contributed by atoms with Gasteiger partial charge in [0.2, 0.25) is 11.5 Å². The van der Waals surface area contributed by atoms with E-state index in [2.05, 4.69) is 9.97 Å². The quantitative estimate of drug-likeness (QED) is 0.678. The first-order valence-corrected chi connectivity index (χ1v) is 5.60. The summed E-state index contributed by atoms with van der Waals surface area (Å²) in [5.74, 6) is 0.362. The van der Waals surface area contributed by atoms with E-state index in [1.807, 2.05) is 31.2 Å². The molecule has 0 amide bonds. The lowest BCUT2D eigenvalue weighted by Crippen LogP contribution is -2.07. The number of hydrogen-bond donors (Lipinski definition) is 2. The molecule has 2 heterocycles. The van der Waals surface area contributed by atoms with Gasteiger partial charge in [0.15, 0.2) is 0 Å². The Morgan fingerprint density at radius 3 is 2.78 bits per heavy atom. The third kappa shape index (κ3) is 1.48. The third-order valence-corrected chi connectivity index (χ3v) is 2.92. The van der Waals surface area contributed by atoms with Crippen molar-refractivity contribution < 1.29 is 0 Å². The van der Waals surface area contributed by atoms with Crippen molar-refractivity contribution in [3.05, 3.63) is 52.3 Å². The van der Waals surface area contributed by atoms with Gasteiger partial charge in [-0.3, -0.25) is 9.36 Å². The smallest absolute Gasteiger partial charge is 0.249 e. The van der Waals surface area contributed by atoms with Gasteiger partial charge in [0, 0.05) is 6.07 Å². The molecule has 0 radical (unpaired) electrons. The Kier molecular flexibility index (Phi) is 2.19. The number of hydrogen-bond acceptors (Lipinski definition) is 3. The minimum atomic E-state index is -0.169. The summed E-state index contributed by atoms with van der Waals surface area (Å²) < 4.78 is 1.76. The highest BCUT2D eigenvalue weighted by molar-refractivity contribution is 5.77. The molecule has 3 N–H and O–H groups in total. The van der Waals surface area contributed by atoms with Crippen LogP contribution in [0.25, 0.3) is 16.9 Å². The molecule has 5 heteroatoms. The molecule has 2 aromatic heterocycles. The Labute approximate surface area is 103 Å². The summed E-state index contributed by atoms with van der Waals surface area (Å²) in [5, 5.41) is 0. The number of imidazole rings is 1. The van der Waals surface area contributed by atoms with Gasteiger partial charge in [-0.1, -0.05) is 18.2 Å². The number of anilines is 1. The van der Waals surface area contributed by atoms with E-state index in [0.717, 1.165) is 11.3 Å². The van der Waals surface area contributed by atoms with Crippen LogP contribution in [0.2, 0.25) is 0 Å². The number of pyridine rings is 1. The van der Waals surface area contributed by atoms with Crippen LogP contribution < -0.4 is 11.3 Å². The number of fused-ring (bicyclic) bond motifs is 1. The molecule has 0 atom stereocenters. The van der Waals surface area contributed by atoms with Crippen LogP contribution in [0.15, 0.2) is 41.2 Å². The molecule has 0 bridgehead atoms. The Morgan fingerprint density at radius 1 is 1.22 bits per heavy atom. The van der Waals surface area contributed by atoms with Crippen LogP contribution >= 0.6 is 0 Å². The van der Waals surface area contributed by atoms with Crippen molar-refractivity contribution in [1.82, 2.24) is 14.5 Å². The molecule has 0 aliphatic heterocycles. The van der Waals surface area contributed by atoms with Crippen LogP contribution in [0.3, 0.4) is 0 Å². The van der Waals surface area contributed by atoms with E-state index in [0.29, 0.717) is 17.1 Å². The monoisotopic (exact) mass is 240 g/mol. The zero-order valence-corrected chi connectivity index (χ0v) is 9.84. The number of aromatic amines is 1. The number of aryl methyl sites for hydroxylation is 1. The number of nitrogens with one attached hydrogen (secondary N) is 1. The average Bonchev–Trinajstić information content (AvgIpc) is 2.66. The lowest BCUT2D eigenvalue weighted by atomic mass is 10.2. The molecule has 3 rings (SSSR count). The minimum absolute atomic E-state index is 0.169. The highest BCUT2D eigenvalue weighted by atomic mass is 16.1. The Morgan fingerprint density at radius 2 is 2.00 bits per heavy atom. The topological polar surface area (TPSA) is 76.7 Å². The average molecular weight is 240 g/mol. The van der Waals surface area contributed by atoms with Gasteiger partial charge >= 0.3 is 0 Å². The number of nitrogens with zero attached hydrogens (tertiary/aromatic N) is 2. The fourth-order valence-corrected chi connectivity index (χ4v) is 2.06. The molecule has 0 fully saturated rings. The van der Waals surface area contributed by atoms with Crippen molar-refractivity contribution in [2.24, 2.45) is 0 Å². The van der Waals surface area contributed by atoms with Gasteiger partial charge in [-0.15, -0.1) is 0 Å². The van der Waals surface area contributed by atoms with Gasteiger partial charge in [-0.2, -0.15) is 0 Å². The zero-order chi connectivity index (χ0) is 12.7. The van der Waals surface area contributed by atoms with Crippen LogP contribution in [-0.4, -0.2) is 14.5 Å². The molecule has 0 saturated heterocycles. The van der Waals surface area contributed by atoms with E-state index in [1.165, 1.54) is 6.07 Å². The standard InChI is InChI=1S/C13H12N4O/c1-8-4-2-3-5-10(8)17-12-9(15-13(17)14)6-7-11(18)16-12/h2-7H,1H3,(H2,14,15)(H,16,18). The summed E-state index contributed by atoms with van der Waals surface area (Å²) in [6, 6.07) is 10.9. The van der Waals surface area contributed by atoms with Gasteiger partial charge < -0.3 is 10.7 Å². The number of nitrogen functional groups attached to an aromatic ring is 1. The number of nitrogens with two attached hydrogens (primary N) is 1. The van der Waals surface area contributed by atoms with Crippen molar-refractivity contribution in [2.45, 2.75) is 6.92 Å². The maximum atomic E-state index is 11.4. The molecule has 0 saturated carbocycles. The second-order valence-corrected chi connectivity index (χ2v) is 4.15. The van der Waals surface area contributed by atoms with E-state index in [-0.39, 0.29) is 5.56 Å². The summed E-state index contributed by atoms with van der Waals surface area (Å²) in [6.45, 7) is 1.99. The van der Waals surface area contributed by atoms with E-state index < -0.39 is 0 Å². The predicted molar refractivity (Wildman–Crippen MR) is 70.8 cm³/mol. The van der Waals surface area contributed by atoms with Crippen LogP contribution in [0.5, 0.6) is 0 Å². The van der Waals surface area contributed by atoms with Crippen molar-refractivity contribution in [3.63, 3.8) is 0 Å². The molecule has 1 aromatic carbocycles. The van der Waals surface area contributed by atoms with Crippen molar-refractivity contribution in [2.75, 3.05) is 5.73 Å². The largest absolute Gasteiger partial charge is 0.369 e. The normalized spacial score (nSPS) is 10.9. The van der Waals surface area contributed by atoms with Crippen LogP contribution in [0, 0.1) is 6.92 Å². The van der Waals surface area contributed by atoms with Crippen LogP contribution in [-0.2, 0) is 0 Å². The summed E-state index contributed by atoms with van der Waals surface area (Å²) in [6.07, 6.45) is 0. The van der Waals surface area contributed by atoms with Crippen LogP contribution in [0.4, 0.5) is 5.95 Å². The summed E-state index contributed by atoms with van der Waals surface area (Å²) >= 11 is 0. The van der Waals surface area contributed by atoms with Crippen LogP contribution in [0.1, 0.15) is 5.56 Å². The molecule has 0 aliphatic rings. The number of rotatable bonds is 1. The number of benzene rings is 1. The highest BCUT2D eigenvalue weighted by Crippen LogP contribution is 2.22. The number of H-pyrrole nitrogens is 1. The molecule has 90 valence electrons. The fraction of sp³-hybridized carbons (Fsp3) is 0.0769. The Hall–Kier alpha value is -2.56. The van der Waals surface area contributed by atoms with Gasteiger partial charge in [-0.05, 0) is 24.6 Å². The molecule has 3 aromatic rings. The molecule has 0 unspecified atom stereocenters. The van der Waals surface area contributed by atoms with E-state index in [1.54, 1.807) is 10.6 Å².